The summed E-state index contributed by atoms with van der Waals surface area (Å²) in [5, 5.41) is 35.3. The van der Waals surface area contributed by atoms with Crippen LogP contribution >= 0.6 is 50.7 Å². The van der Waals surface area contributed by atoms with Gasteiger partial charge in [-0.2, -0.15) is 15.0 Å². The monoisotopic (exact) mass is 1060 g/mol. The summed E-state index contributed by atoms with van der Waals surface area (Å²) in [6.07, 6.45) is 4.18. The van der Waals surface area contributed by atoms with Crippen molar-refractivity contribution in [2.45, 2.75) is 0 Å². The van der Waals surface area contributed by atoms with Crippen molar-refractivity contribution in [1.82, 2.24) is 29.9 Å². The fourth-order valence-corrected chi connectivity index (χ4v) is 6.64. The molecule has 22 heteroatoms. The topological polar surface area (TPSA) is 254 Å². The van der Waals surface area contributed by atoms with Crippen LogP contribution in [0.5, 0.6) is 34.5 Å². The molecule has 0 saturated heterocycles. The molecule has 0 unspecified atom stereocenters. The third-order valence-electron chi connectivity index (χ3n) is 9.07. The molecule has 0 spiro atoms. The van der Waals surface area contributed by atoms with Gasteiger partial charge in [0.2, 0.25) is 35.3 Å². The van der Waals surface area contributed by atoms with Crippen molar-refractivity contribution in [3.63, 3.8) is 0 Å². The predicted molar refractivity (Wildman–Crippen MR) is 273 cm³/mol. The van der Waals surface area contributed by atoms with E-state index in [-0.39, 0.29) is 52.5 Å². The summed E-state index contributed by atoms with van der Waals surface area (Å²) < 4.78 is 18.1. The normalized spacial score (nSPS) is 10.4. The Bertz CT molecular complexity index is 2990. The lowest BCUT2D eigenvalue weighted by molar-refractivity contribution is 0.293. The second-order valence-electron chi connectivity index (χ2n) is 14.0. The minimum Gasteiger partial charge on any atom is -0.452 e. The number of para-hydroxylation sites is 3. The molecule has 0 fully saturated rings. The van der Waals surface area contributed by atoms with Gasteiger partial charge in [0, 0.05) is 14.5 Å². The fourth-order valence-electron chi connectivity index (χ4n) is 5.81. The summed E-state index contributed by atoms with van der Waals surface area (Å²) in [6, 6.07) is 45.5. The van der Waals surface area contributed by atoms with Gasteiger partial charge >= 0.3 is 0 Å². The van der Waals surface area contributed by atoms with Crippen molar-refractivity contribution in [2.75, 3.05) is 32.4 Å². The van der Waals surface area contributed by atoms with E-state index >= 15 is 0 Å². The quantitative estimate of drug-likeness (QED) is 0.0622. The van der Waals surface area contributed by atoms with E-state index in [0.717, 1.165) is 19.7 Å². The van der Waals surface area contributed by atoms with Gasteiger partial charge in [0.05, 0.1) is 40.7 Å². The average molecular weight is 1070 g/mol. The molecule has 9 rings (SSSR count). The first-order chi connectivity index (χ1) is 33.8. The number of anilines is 9. The molecule has 0 radical (unpaired) electrons. The third kappa shape index (κ3) is 13.6. The van der Waals surface area contributed by atoms with Crippen LogP contribution in [0.4, 0.5) is 52.4 Å². The van der Waals surface area contributed by atoms with Crippen molar-refractivity contribution in [3.8, 4) is 34.5 Å². The summed E-state index contributed by atoms with van der Waals surface area (Å²) in [4.78, 5) is 23.9. The van der Waals surface area contributed by atoms with E-state index in [2.05, 4.69) is 45.8 Å². The second-order valence-corrected chi connectivity index (χ2v) is 16.2. The highest BCUT2D eigenvalue weighted by atomic mass is 79.9. The van der Waals surface area contributed by atoms with E-state index in [4.69, 9.17) is 66.2 Å². The second kappa shape index (κ2) is 23.8. The smallest absolute Gasteiger partial charge is 0.222 e. The Labute approximate surface area is 423 Å². The minimum absolute atomic E-state index is 0.00506. The van der Waals surface area contributed by atoms with Gasteiger partial charge in [-0.25, -0.2) is 30.1 Å². The Morgan fingerprint density at radius 1 is 0.414 bits per heavy atom. The molecule has 3 heterocycles. The maximum Gasteiger partial charge on any atom is 0.222 e. The molecule has 3 aromatic heterocycles. The first-order valence-corrected chi connectivity index (χ1v) is 22.2. The molecule has 9 N–H and O–H groups in total. The summed E-state index contributed by atoms with van der Waals surface area (Å²) in [5.74, 6) is 2.63. The van der Waals surface area contributed by atoms with Crippen LogP contribution in [-0.2, 0) is 0 Å². The third-order valence-corrected chi connectivity index (χ3v) is 10.4. The molecule has 0 saturated carbocycles. The fraction of sp³-hybridized carbons (Fsp3) is 0. The van der Waals surface area contributed by atoms with E-state index in [1.165, 1.54) is 18.6 Å². The van der Waals surface area contributed by atoms with Crippen LogP contribution < -0.4 is 46.6 Å². The van der Waals surface area contributed by atoms with Gasteiger partial charge in [-0.15, -0.1) is 0 Å². The lowest BCUT2D eigenvalue weighted by Gasteiger charge is -2.19. The highest BCUT2D eigenvalue weighted by Gasteiger charge is 2.20. The van der Waals surface area contributed by atoms with Crippen molar-refractivity contribution in [2.24, 2.45) is 0 Å². The number of aromatic nitrogens is 6. The van der Waals surface area contributed by atoms with Gasteiger partial charge in [0.1, 0.15) is 17.2 Å². The van der Waals surface area contributed by atoms with E-state index in [0.29, 0.717) is 49.4 Å². The molecular weight excluding hydrogens is 1030 g/mol. The Kier molecular flexibility index (Phi) is 17.0. The zero-order valence-electron chi connectivity index (χ0n) is 36.1. The average Bonchev–Trinajstić information content (AvgIpc) is 3.38. The maximum atomic E-state index is 10.4. The van der Waals surface area contributed by atoms with Crippen LogP contribution in [0, 0.1) is 0 Å². The van der Waals surface area contributed by atoms with Crippen LogP contribution in [-0.4, -0.2) is 45.5 Å². The van der Waals surface area contributed by atoms with Gasteiger partial charge < -0.3 is 31.4 Å². The number of ether oxygens (including phenoxy) is 3. The van der Waals surface area contributed by atoms with E-state index in [1.54, 1.807) is 127 Å². The van der Waals surface area contributed by atoms with Crippen LogP contribution in [0.25, 0.3) is 0 Å². The van der Waals surface area contributed by atoms with Gasteiger partial charge in [-0.05, 0) is 103 Å². The number of hydrogen-bond acceptors (Lipinski definition) is 18. The number of nitrogen functional groups attached to an aromatic ring is 3. The Balaban J connectivity index is 0.000000155. The molecule has 0 aliphatic heterocycles. The van der Waals surface area contributed by atoms with Crippen LogP contribution in [0.1, 0.15) is 0 Å². The lowest BCUT2D eigenvalue weighted by Crippen LogP contribution is -2.14. The molecule has 0 aliphatic carbocycles. The lowest BCUT2D eigenvalue weighted by atomic mass is 10.3. The summed E-state index contributed by atoms with van der Waals surface area (Å²) in [5.41, 5.74) is 18.4. The predicted octanol–water partition coefficient (Wildman–Crippen LogP) is 12.9. The van der Waals surface area contributed by atoms with Gasteiger partial charge in [0.25, 0.3) is 0 Å². The van der Waals surface area contributed by atoms with E-state index in [1.807, 2.05) is 30.3 Å². The number of rotatable bonds is 12. The van der Waals surface area contributed by atoms with Crippen LogP contribution in [0.2, 0.25) is 15.1 Å². The highest BCUT2D eigenvalue weighted by Crippen LogP contribution is 2.38. The number of nitrogens with two attached hydrogens (primary N) is 3. The molecule has 0 bridgehead atoms. The first kappa shape index (κ1) is 49.9. The Morgan fingerprint density at radius 2 is 0.757 bits per heavy atom. The van der Waals surface area contributed by atoms with Gasteiger partial charge in [-0.1, -0.05) is 105 Å². The SMILES string of the molecule is Nc1ncc(Oc2ccc(Br)cc2)c(N(O)c2ccccc2)n1.Nc1ncc(Oc2ccc(Cl)cc2)c(N(O)c2ccccc2)n1.Nc1ncc(Oc2ccc(Cl)cc2Cl)c(N(O)c2ccccc2)n1. The summed E-state index contributed by atoms with van der Waals surface area (Å²) in [7, 11) is 0. The molecule has 0 aliphatic rings. The highest BCUT2D eigenvalue weighted by molar-refractivity contribution is 9.10. The standard InChI is InChI=1S/C16H13BrN4O2.C16H12Cl2N4O2.C16H13ClN4O2/c17-11-6-8-13(9-7-11)23-14-10-19-16(18)20-15(14)21(22)12-4-2-1-3-5-12;17-10-6-7-13(12(18)8-10)24-14-9-20-16(19)21-15(14)22(23)11-4-2-1-3-5-11;17-11-6-8-13(9-7-11)23-14-10-19-16(18)20-15(14)21(22)12-4-2-1-3-5-12/h1-10,22H,(H2,18,19,20);1-9,23H,(H2,19,20,21);1-10,22H,(H2,18,19,20). The molecule has 0 amide bonds. The Hall–Kier alpha value is -8.01. The molecule has 354 valence electrons. The number of halogens is 4. The van der Waals surface area contributed by atoms with Gasteiger partial charge in [-0.3, -0.25) is 15.6 Å². The van der Waals surface area contributed by atoms with Crippen molar-refractivity contribution in [3.05, 3.63) is 196 Å². The molecule has 6 aromatic carbocycles. The molecule has 9 aromatic rings. The molecule has 70 heavy (non-hydrogen) atoms. The Morgan fingerprint density at radius 3 is 1.13 bits per heavy atom. The summed E-state index contributed by atoms with van der Waals surface area (Å²) in [6.45, 7) is 0. The van der Waals surface area contributed by atoms with Crippen molar-refractivity contribution in [1.29, 1.82) is 0 Å². The number of nitrogens with zero attached hydrogens (tertiary/aromatic N) is 9. The molecule has 0 atom stereocenters. The first-order valence-electron chi connectivity index (χ1n) is 20.3. The zero-order chi connectivity index (χ0) is 49.6. The minimum atomic E-state index is -0.00506. The van der Waals surface area contributed by atoms with Crippen LogP contribution in [0.3, 0.4) is 0 Å². The van der Waals surface area contributed by atoms with Crippen molar-refractivity contribution < 1.29 is 29.8 Å². The number of hydrogen-bond donors (Lipinski definition) is 6. The van der Waals surface area contributed by atoms with E-state index in [9.17, 15) is 15.6 Å². The maximum absolute atomic E-state index is 10.4. The zero-order valence-corrected chi connectivity index (χ0v) is 39.9. The van der Waals surface area contributed by atoms with Crippen molar-refractivity contribution >= 4 is 103 Å². The largest absolute Gasteiger partial charge is 0.452 e. The van der Waals surface area contributed by atoms with Crippen LogP contribution in [0.15, 0.2) is 181 Å². The molecular formula is C48H38BrCl3N12O6. The number of benzene rings is 6. The van der Waals surface area contributed by atoms with Gasteiger partial charge in [0.15, 0.2) is 17.2 Å². The summed E-state index contributed by atoms with van der Waals surface area (Å²) >= 11 is 21.2. The molecule has 18 nitrogen and oxygen atoms in total. The van der Waals surface area contributed by atoms with E-state index < -0.39 is 0 Å².